The van der Waals surface area contributed by atoms with Gasteiger partial charge in [-0.15, -0.1) is 11.6 Å². The van der Waals surface area contributed by atoms with E-state index in [9.17, 15) is 4.79 Å². The zero-order chi connectivity index (χ0) is 14.4. The van der Waals surface area contributed by atoms with E-state index < -0.39 is 0 Å². The highest BCUT2D eigenvalue weighted by Crippen LogP contribution is 2.21. The number of benzene rings is 1. The second-order valence-corrected chi connectivity index (χ2v) is 5.62. The van der Waals surface area contributed by atoms with Gasteiger partial charge in [0.15, 0.2) is 0 Å². The number of hydrogen-bond acceptors (Lipinski definition) is 2. The number of halogens is 1. The lowest BCUT2D eigenvalue weighted by atomic mass is 9.99. The molecule has 0 spiro atoms. The summed E-state index contributed by atoms with van der Waals surface area (Å²) in [6.45, 7) is 0.872. The third kappa shape index (κ3) is 3.89. The number of rotatable bonds is 5. The summed E-state index contributed by atoms with van der Waals surface area (Å²) in [5.41, 5.74) is 1.03. The molecule has 0 aromatic heterocycles. The molecule has 3 nitrogen and oxygen atoms in total. The Morgan fingerprint density at radius 2 is 2.10 bits per heavy atom. The van der Waals surface area contributed by atoms with Crippen molar-refractivity contribution < 1.29 is 9.53 Å². The van der Waals surface area contributed by atoms with Crippen molar-refractivity contribution in [2.75, 3.05) is 19.5 Å². The minimum absolute atomic E-state index is 0.213. The number of methoxy groups -OCH3 is 1. The summed E-state index contributed by atoms with van der Waals surface area (Å²) in [5.74, 6) is 1.65. The van der Waals surface area contributed by atoms with Crippen LogP contribution < -0.4 is 4.74 Å². The maximum absolute atomic E-state index is 12.5. The largest absolute Gasteiger partial charge is 0.497 e. The lowest BCUT2D eigenvalue weighted by Crippen LogP contribution is -2.44. The number of likely N-dealkylation sites (tertiary alicyclic amines) is 1. The monoisotopic (exact) mass is 295 g/mol. The quantitative estimate of drug-likeness (QED) is 0.781. The topological polar surface area (TPSA) is 29.5 Å². The third-order valence-electron chi connectivity index (χ3n) is 3.90. The maximum Gasteiger partial charge on any atom is 0.227 e. The number of carbonyl (C=O) groups is 1. The fourth-order valence-corrected chi connectivity index (χ4v) is 3.03. The molecule has 1 saturated heterocycles. The zero-order valence-electron chi connectivity index (χ0n) is 12.0. The predicted molar refractivity (Wildman–Crippen MR) is 81.4 cm³/mol. The molecule has 1 unspecified atom stereocenters. The molecule has 1 heterocycles. The standard InChI is InChI=1S/C16H22ClNO2/c1-20-15-7-5-13(6-8-15)12-16(19)18-11-3-2-4-14(18)9-10-17/h5-8,14H,2-4,9-12H2,1H3. The van der Waals surface area contributed by atoms with Crippen molar-refractivity contribution in [1.82, 2.24) is 4.90 Å². The Hall–Kier alpha value is -1.22. The average Bonchev–Trinajstić information content (AvgIpc) is 2.49. The van der Waals surface area contributed by atoms with Gasteiger partial charge in [-0.05, 0) is 43.4 Å². The minimum Gasteiger partial charge on any atom is -0.497 e. The maximum atomic E-state index is 12.5. The van der Waals surface area contributed by atoms with Gasteiger partial charge in [0.1, 0.15) is 5.75 Å². The Bertz CT molecular complexity index is 431. The van der Waals surface area contributed by atoms with Gasteiger partial charge in [-0.3, -0.25) is 4.79 Å². The SMILES string of the molecule is COc1ccc(CC(=O)N2CCCCC2CCCl)cc1. The van der Waals surface area contributed by atoms with Crippen LogP contribution in [-0.4, -0.2) is 36.4 Å². The van der Waals surface area contributed by atoms with E-state index in [1.165, 1.54) is 6.42 Å². The predicted octanol–water partition coefficient (Wildman–Crippen LogP) is 3.25. The minimum atomic E-state index is 0.213. The van der Waals surface area contributed by atoms with Crippen molar-refractivity contribution in [3.8, 4) is 5.75 Å². The lowest BCUT2D eigenvalue weighted by molar-refractivity contribution is -0.134. The van der Waals surface area contributed by atoms with Gasteiger partial charge in [-0.1, -0.05) is 12.1 Å². The Labute approximate surface area is 125 Å². The van der Waals surface area contributed by atoms with Gasteiger partial charge >= 0.3 is 0 Å². The first-order valence-corrected chi connectivity index (χ1v) is 7.76. The summed E-state index contributed by atoms with van der Waals surface area (Å²) in [7, 11) is 1.64. The summed E-state index contributed by atoms with van der Waals surface area (Å²) in [6, 6.07) is 8.03. The molecule has 2 rings (SSSR count). The molecule has 4 heteroatoms. The van der Waals surface area contributed by atoms with Gasteiger partial charge in [0.05, 0.1) is 13.5 Å². The molecule has 110 valence electrons. The molecule has 0 radical (unpaired) electrons. The van der Waals surface area contributed by atoms with Crippen LogP contribution >= 0.6 is 11.6 Å². The number of nitrogens with zero attached hydrogens (tertiary/aromatic N) is 1. The highest BCUT2D eigenvalue weighted by Gasteiger charge is 2.25. The molecule has 1 aromatic rings. The molecule has 1 amide bonds. The molecule has 1 fully saturated rings. The first-order valence-electron chi connectivity index (χ1n) is 7.23. The van der Waals surface area contributed by atoms with Crippen molar-refractivity contribution in [3.05, 3.63) is 29.8 Å². The van der Waals surface area contributed by atoms with Crippen LogP contribution in [0.4, 0.5) is 0 Å². The zero-order valence-corrected chi connectivity index (χ0v) is 12.7. The first kappa shape index (κ1) is 15.2. The second-order valence-electron chi connectivity index (χ2n) is 5.24. The van der Waals surface area contributed by atoms with Gasteiger partial charge in [0.25, 0.3) is 0 Å². The molecule has 0 aliphatic carbocycles. The van der Waals surface area contributed by atoms with Gasteiger partial charge in [-0.25, -0.2) is 0 Å². The van der Waals surface area contributed by atoms with Crippen molar-refractivity contribution in [3.63, 3.8) is 0 Å². The van der Waals surface area contributed by atoms with Crippen molar-refractivity contribution >= 4 is 17.5 Å². The number of carbonyl (C=O) groups excluding carboxylic acids is 1. The van der Waals surface area contributed by atoms with E-state index >= 15 is 0 Å². The molecule has 0 saturated carbocycles. The van der Waals surface area contributed by atoms with Crippen molar-refractivity contribution in [2.24, 2.45) is 0 Å². The fourth-order valence-electron chi connectivity index (χ4n) is 2.77. The number of piperidine rings is 1. The van der Waals surface area contributed by atoms with Gasteiger partial charge in [-0.2, -0.15) is 0 Å². The first-order chi connectivity index (χ1) is 9.74. The van der Waals surface area contributed by atoms with Crippen molar-refractivity contribution in [2.45, 2.75) is 38.1 Å². The van der Waals surface area contributed by atoms with Crippen LogP contribution in [0.3, 0.4) is 0 Å². The number of amides is 1. The Kier molecular flexibility index (Phi) is 5.72. The molecule has 20 heavy (non-hydrogen) atoms. The summed E-state index contributed by atoms with van der Waals surface area (Å²) < 4.78 is 5.13. The smallest absolute Gasteiger partial charge is 0.227 e. The fraction of sp³-hybridized carbons (Fsp3) is 0.562. The van der Waals surface area contributed by atoms with E-state index in [-0.39, 0.29) is 5.91 Å². The second kappa shape index (κ2) is 7.53. The normalized spacial score (nSPS) is 18.9. The van der Waals surface area contributed by atoms with Crippen LogP contribution in [0.25, 0.3) is 0 Å². The highest BCUT2D eigenvalue weighted by atomic mass is 35.5. The molecule has 0 N–H and O–H groups in total. The number of ether oxygens (including phenoxy) is 1. The van der Waals surface area contributed by atoms with E-state index in [1.54, 1.807) is 7.11 Å². The van der Waals surface area contributed by atoms with E-state index in [0.29, 0.717) is 18.3 Å². The molecule has 1 aliphatic heterocycles. The van der Waals surface area contributed by atoms with Crippen LogP contribution in [0, 0.1) is 0 Å². The van der Waals surface area contributed by atoms with E-state index in [0.717, 1.165) is 37.1 Å². The third-order valence-corrected chi connectivity index (χ3v) is 4.12. The molecule has 0 bridgehead atoms. The molecular weight excluding hydrogens is 274 g/mol. The molecule has 1 aromatic carbocycles. The summed E-state index contributed by atoms with van der Waals surface area (Å²) in [6.07, 6.45) is 4.75. The van der Waals surface area contributed by atoms with E-state index in [2.05, 4.69) is 0 Å². The average molecular weight is 296 g/mol. The summed E-state index contributed by atoms with van der Waals surface area (Å²) >= 11 is 5.85. The Morgan fingerprint density at radius 1 is 1.35 bits per heavy atom. The molecule has 1 atom stereocenters. The van der Waals surface area contributed by atoms with Crippen LogP contribution in [0.5, 0.6) is 5.75 Å². The van der Waals surface area contributed by atoms with Crippen molar-refractivity contribution in [1.29, 1.82) is 0 Å². The van der Waals surface area contributed by atoms with Crippen LogP contribution in [0.15, 0.2) is 24.3 Å². The molecule has 1 aliphatic rings. The van der Waals surface area contributed by atoms with Gasteiger partial charge in [0, 0.05) is 18.5 Å². The lowest BCUT2D eigenvalue weighted by Gasteiger charge is -2.35. The highest BCUT2D eigenvalue weighted by molar-refractivity contribution is 6.17. The Morgan fingerprint density at radius 3 is 2.75 bits per heavy atom. The summed E-state index contributed by atoms with van der Waals surface area (Å²) in [5, 5.41) is 0. The van der Waals surface area contributed by atoms with Crippen LogP contribution in [0.1, 0.15) is 31.2 Å². The molecular formula is C16H22ClNO2. The van der Waals surface area contributed by atoms with Gasteiger partial charge < -0.3 is 9.64 Å². The number of hydrogen-bond donors (Lipinski definition) is 0. The van der Waals surface area contributed by atoms with Crippen LogP contribution in [-0.2, 0) is 11.2 Å². The summed E-state index contributed by atoms with van der Waals surface area (Å²) in [4.78, 5) is 14.5. The Balaban J connectivity index is 1.98. The van der Waals surface area contributed by atoms with Crippen LogP contribution in [0.2, 0.25) is 0 Å². The van der Waals surface area contributed by atoms with Gasteiger partial charge in [0.2, 0.25) is 5.91 Å². The van der Waals surface area contributed by atoms with E-state index in [1.807, 2.05) is 29.2 Å². The van der Waals surface area contributed by atoms with E-state index in [4.69, 9.17) is 16.3 Å². The number of alkyl halides is 1.